The van der Waals surface area contributed by atoms with Gasteiger partial charge in [0, 0.05) is 11.3 Å². The van der Waals surface area contributed by atoms with Crippen LogP contribution in [0.15, 0.2) is 0 Å². The van der Waals surface area contributed by atoms with Crippen LogP contribution in [0.2, 0.25) is 0 Å². The van der Waals surface area contributed by atoms with Crippen molar-refractivity contribution in [3.05, 3.63) is 0 Å². The Morgan fingerprint density at radius 1 is 1.46 bits per heavy atom. The van der Waals surface area contributed by atoms with E-state index in [0.29, 0.717) is 17.5 Å². The summed E-state index contributed by atoms with van der Waals surface area (Å²) in [4.78, 5) is 11.2. The van der Waals surface area contributed by atoms with Crippen molar-refractivity contribution < 1.29 is 4.79 Å². The highest BCUT2D eigenvalue weighted by molar-refractivity contribution is 8.00. The average molecular weight is 204 g/mol. The van der Waals surface area contributed by atoms with Crippen molar-refractivity contribution in [2.75, 3.05) is 12.3 Å². The number of hydrogen-bond donors (Lipinski definition) is 2. The lowest BCUT2D eigenvalue weighted by Crippen LogP contribution is -2.32. The Morgan fingerprint density at radius 3 is 2.54 bits per heavy atom. The summed E-state index contributed by atoms with van der Waals surface area (Å²) in [5, 5.41) is 3.32. The van der Waals surface area contributed by atoms with E-state index >= 15 is 0 Å². The molecule has 0 aliphatic carbocycles. The minimum absolute atomic E-state index is 0.115. The van der Waals surface area contributed by atoms with Crippen LogP contribution in [0.1, 0.15) is 27.2 Å². The molecular weight excluding hydrogens is 184 g/mol. The third-order valence-electron chi connectivity index (χ3n) is 1.52. The van der Waals surface area contributed by atoms with Crippen molar-refractivity contribution in [3.63, 3.8) is 0 Å². The lowest BCUT2D eigenvalue weighted by atomic mass is 10.3. The van der Waals surface area contributed by atoms with Gasteiger partial charge in [0.15, 0.2) is 0 Å². The standard InChI is InChI=1S/C9H20N2OS/c1-7(2)11-9(12)6-13-8(3)4-5-10/h7-8H,4-6,10H2,1-3H3,(H,11,12). The van der Waals surface area contributed by atoms with Gasteiger partial charge in [0.05, 0.1) is 5.75 Å². The molecule has 0 aromatic heterocycles. The number of thioether (sulfide) groups is 1. The molecule has 0 heterocycles. The Bertz CT molecular complexity index is 151. The van der Waals surface area contributed by atoms with E-state index in [1.165, 1.54) is 0 Å². The van der Waals surface area contributed by atoms with Crippen LogP contribution < -0.4 is 11.1 Å². The smallest absolute Gasteiger partial charge is 0.230 e. The minimum atomic E-state index is 0.115. The van der Waals surface area contributed by atoms with Gasteiger partial charge in [0.25, 0.3) is 0 Å². The number of nitrogens with two attached hydrogens (primary N) is 1. The van der Waals surface area contributed by atoms with Crippen LogP contribution in [0.4, 0.5) is 0 Å². The molecule has 0 aromatic rings. The molecule has 0 aromatic carbocycles. The van der Waals surface area contributed by atoms with Crippen LogP contribution in [0.3, 0.4) is 0 Å². The van der Waals surface area contributed by atoms with Gasteiger partial charge in [0.1, 0.15) is 0 Å². The zero-order valence-electron chi connectivity index (χ0n) is 8.67. The van der Waals surface area contributed by atoms with Crippen molar-refractivity contribution in [1.29, 1.82) is 0 Å². The monoisotopic (exact) mass is 204 g/mol. The molecule has 3 N–H and O–H groups in total. The van der Waals surface area contributed by atoms with Gasteiger partial charge in [-0.3, -0.25) is 4.79 Å². The molecule has 1 atom stereocenters. The van der Waals surface area contributed by atoms with Crippen LogP contribution in [-0.2, 0) is 4.79 Å². The second-order valence-electron chi connectivity index (χ2n) is 3.42. The maximum atomic E-state index is 11.2. The number of amides is 1. The number of hydrogen-bond acceptors (Lipinski definition) is 3. The summed E-state index contributed by atoms with van der Waals surface area (Å²) < 4.78 is 0. The van der Waals surface area contributed by atoms with E-state index in [-0.39, 0.29) is 11.9 Å². The molecule has 78 valence electrons. The number of nitrogens with one attached hydrogen (secondary N) is 1. The Balaban J connectivity index is 3.46. The van der Waals surface area contributed by atoms with Gasteiger partial charge in [-0.2, -0.15) is 0 Å². The predicted molar refractivity (Wildman–Crippen MR) is 58.9 cm³/mol. The zero-order valence-corrected chi connectivity index (χ0v) is 9.49. The SMILES string of the molecule is CC(C)NC(=O)CSC(C)CCN. The van der Waals surface area contributed by atoms with Gasteiger partial charge in [-0.25, -0.2) is 0 Å². The molecule has 0 aliphatic heterocycles. The third-order valence-corrected chi connectivity index (χ3v) is 2.76. The molecule has 0 saturated heterocycles. The van der Waals surface area contributed by atoms with E-state index in [4.69, 9.17) is 5.73 Å². The number of rotatable bonds is 6. The molecule has 1 unspecified atom stereocenters. The summed E-state index contributed by atoms with van der Waals surface area (Å²) in [6.45, 7) is 6.72. The first-order chi connectivity index (χ1) is 6.06. The van der Waals surface area contributed by atoms with Crippen LogP contribution in [0, 0.1) is 0 Å². The van der Waals surface area contributed by atoms with Crippen LogP contribution in [-0.4, -0.2) is 29.5 Å². The summed E-state index contributed by atoms with van der Waals surface area (Å²) in [7, 11) is 0. The molecule has 4 heteroatoms. The Labute approximate surface area is 84.8 Å². The molecule has 3 nitrogen and oxygen atoms in total. The molecule has 0 fully saturated rings. The van der Waals surface area contributed by atoms with E-state index in [9.17, 15) is 4.79 Å². The molecule has 0 aliphatic rings. The van der Waals surface area contributed by atoms with Gasteiger partial charge in [-0.15, -0.1) is 11.8 Å². The highest BCUT2D eigenvalue weighted by atomic mass is 32.2. The summed E-state index contributed by atoms with van der Waals surface area (Å²) in [6, 6.07) is 0.234. The van der Waals surface area contributed by atoms with Gasteiger partial charge in [-0.1, -0.05) is 6.92 Å². The van der Waals surface area contributed by atoms with E-state index < -0.39 is 0 Å². The molecule has 0 rings (SSSR count). The maximum absolute atomic E-state index is 11.2. The van der Waals surface area contributed by atoms with E-state index in [1.54, 1.807) is 11.8 Å². The Kier molecular flexibility index (Phi) is 7.09. The van der Waals surface area contributed by atoms with Gasteiger partial charge >= 0.3 is 0 Å². The topological polar surface area (TPSA) is 55.1 Å². The van der Waals surface area contributed by atoms with Gasteiger partial charge < -0.3 is 11.1 Å². The van der Waals surface area contributed by atoms with Gasteiger partial charge in [0.2, 0.25) is 5.91 Å². The Hall–Kier alpha value is -0.220. The molecule has 1 amide bonds. The first kappa shape index (κ1) is 12.8. The average Bonchev–Trinajstić information content (AvgIpc) is 2.00. The Morgan fingerprint density at radius 2 is 2.08 bits per heavy atom. The largest absolute Gasteiger partial charge is 0.353 e. The van der Waals surface area contributed by atoms with Crippen molar-refractivity contribution >= 4 is 17.7 Å². The normalized spacial score (nSPS) is 13.0. The van der Waals surface area contributed by atoms with E-state index in [0.717, 1.165) is 6.42 Å². The zero-order chi connectivity index (χ0) is 10.3. The highest BCUT2D eigenvalue weighted by Crippen LogP contribution is 2.12. The molecule has 0 spiro atoms. The van der Waals surface area contributed by atoms with E-state index in [2.05, 4.69) is 12.2 Å². The molecule has 0 saturated carbocycles. The first-order valence-corrected chi connectivity index (χ1v) is 5.72. The van der Waals surface area contributed by atoms with Crippen molar-refractivity contribution in [3.8, 4) is 0 Å². The van der Waals surface area contributed by atoms with E-state index in [1.807, 2.05) is 13.8 Å². The predicted octanol–water partition coefficient (Wildman–Crippen LogP) is 0.981. The number of carbonyl (C=O) groups is 1. The van der Waals surface area contributed by atoms with Gasteiger partial charge in [-0.05, 0) is 26.8 Å². The minimum Gasteiger partial charge on any atom is -0.353 e. The lowest BCUT2D eigenvalue weighted by molar-refractivity contribution is -0.119. The third kappa shape index (κ3) is 8.12. The summed E-state index contributed by atoms with van der Waals surface area (Å²) in [5.41, 5.74) is 5.40. The summed E-state index contributed by atoms with van der Waals surface area (Å²) in [6.07, 6.45) is 0.972. The highest BCUT2D eigenvalue weighted by Gasteiger charge is 2.06. The molecule has 0 bridgehead atoms. The number of carbonyl (C=O) groups excluding carboxylic acids is 1. The fourth-order valence-electron chi connectivity index (χ4n) is 0.900. The molecule has 0 radical (unpaired) electrons. The maximum Gasteiger partial charge on any atom is 0.230 e. The fourth-order valence-corrected chi connectivity index (χ4v) is 1.72. The van der Waals surface area contributed by atoms with Crippen molar-refractivity contribution in [2.24, 2.45) is 5.73 Å². The van der Waals surface area contributed by atoms with Crippen LogP contribution >= 0.6 is 11.8 Å². The molecular formula is C9H20N2OS. The quantitative estimate of drug-likeness (QED) is 0.678. The summed E-state index contributed by atoms with van der Waals surface area (Å²) in [5.74, 6) is 0.656. The van der Waals surface area contributed by atoms with Crippen molar-refractivity contribution in [2.45, 2.75) is 38.5 Å². The summed E-state index contributed by atoms with van der Waals surface area (Å²) >= 11 is 1.66. The second kappa shape index (κ2) is 7.21. The van der Waals surface area contributed by atoms with Crippen LogP contribution in [0.5, 0.6) is 0 Å². The first-order valence-electron chi connectivity index (χ1n) is 4.67. The van der Waals surface area contributed by atoms with Crippen molar-refractivity contribution in [1.82, 2.24) is 5.32 Å². The molecule has 13 heavy (non-hydrogen) atoms. The second-order valence-corrected chi connectivity index (χ2v) is 4.85. The lowest BCUT2D eigenvalue weighted by Gasteiger charge is -2.11. The van der Waals surface area contributed by atoms with Crippen LogP contribution in [0.25, 0.3) is 0 Å². The fraction of sp³-hybridized carbons (Fsp3) is 0.889.